The van der Waals surface area contributed by atoms with Gasteiger partial charge in [-0.25, -0.2) is 9.97 Å². The lowest BCUT2D eigenvalue weighted by Gasteiger charge is -2.36. The molecule has 29 heavy (non-hydrogen) atoms. The van der Waals surface area contributed by atoms with Crippen molar-refractivity contribution < 1.29 is 4.79 Å². The van der Waals surface area contributed by atoms with Gasteiger partial charge >= 0.3 is 0 Å². The predicted octanol–water partition coefficient (Wildman–Crippen LogP) is 3.80. The van der Waals surface area contributed by atoms with E-state index in [4.69, 9.17) is 0 Å². The van der Waals surface area contributed by atoms with Crippen LogP contribution in [0.15, 0.2) is 60.8 Å². The van der Waals surface area contributed by atoms with Crippen molar-refractivity contribution in [3.63, 3.8) is 0 Å². The summed E-state index contributed by atoms with van der Waals surface area (Å²) in [5.41, 5.74) is 4.95. The number of anilines is 3. The summed E-state index contributed by atoms with van der Waals surface area (Å²) in [5.74, 6) is 0.380. The number of nitrogens with zero attached hydrogens (tertiary/aromatic N) is 4. The first-order chi connectivity index (χ1) is 14.1. The van der Waals surface area contributed by atoms with Crippen molar-refractivity contribution in [3.8, 4) is 0 Å². The first-order valence-electron chi connectivity index (χ1n) is 9.87. The van der Waals surface area contributed by atoms with Crippen LogP contribution in [0.4, 0.5) is 17.3 Å². The fourth-order valence-corrected chi connectivity index (χ4v) is 3.45. The molecule has 1 aliphatic heterocycles. The second-order valence-corrected chi connectivity index (χ2v) is 7.30. The normalized spacial score (nSPS) is 14.0. The van der Waals surface area contributed by atoms with Gasteiger partial charge in [-0.1, -0.05) is 24.3 Å². The fourth-order valence-electron chi connectivity index (χ4n) is 3.45. The van der Waals surface area contributed by atoms with E-state index in [0.717, 1.165) is 18.8 Å². The lowest BCUT2D eigenvalue weighted by atomic mass is 10.1. The quantitative estimate of drug-likeness (QED) is 0.738. The van der Waals surface area contributed by atoms with Crippen molar-refractivity contribution in [1.29, 1.82) is 0 Å². The summed E-state index contributed by atoms with van der Waals surface area (Å²) in [4.78, 5) is 25.8. The van der Waals surface area contributed by atoms with Crippen LogP contribution in [0, 0.1) is 13.8 Å². The summed E-state index contributed by atoms with van der Waals surface area (Å²) >= 11 is 0. The van der Waals surface area contributed by atoms with E-state index in [2.05, 4.69) is 58.3 Å². The van der Waals surface area contributed by atoms with Crippen molar-refractivity contribution in [1.82, 2.24) is 14.9 Å². The molecular formula is C23H25N5O. The van der Waals surface area contributed by atoms with E-state index in [1.165, 1.54) is 16.8 Å². The average Bonchev–Trinajstić information content (AvgIpc) is 2.77. The fraction of sp³-hybridized carbons (Fsp3) is 0.261. The Bertz CT molecular complexity index is 997. The maximum absolute atomic E-state index is 12.9. The van der Waals surface area contributed by atoms with Crippen LogP contribution in [0.25, 0.3) is 0 Å². The zero-order valence-corrected chi connectivity index (χ0v) is 16.8. The second-order valence-electron chi connectivity index (χ2n) is 7.30. The molecule has 2 heterocycles. The number of para-hydroxylation sites is 1. The highest BCUT2D eigenvalue weighted by Crippen LogP contribution is 2.19. The van der Waals surface area contributed by atoms with Crippen molar-refractivity contribution in [3.05, 3.63) is 77.6 Å². The number of rotatable bonds is 4. The number of piperazine rings is 1. The molecule has 0 spiro atoms. The summed E-state index contributed by atoms with van der Waals surface area (Å²) in [6, 6.07) is 18.1. The van der Waals surface area contributed by atoms with Gasteiger partial charge in [0.05, 0.1) is 0 Å². The number of amides is 1. The third-order valence-electron chi connectivity index (χ3n) is 5.33. The van der Waals surface area contributed by atoms with Crippen molar-refractivity contribution >= 4 is 23.2 Å². The molecule has 1 N–H and O–H groups in total. The van der Waals surface area contributed by atoms with E-state index < -0.39 is 0 Å². The predicted molar refractivity (Wildman–Crippen MR) is 116 cm³/mol. The number of nitrogens with one attached hydrogen (secondary N) is 1. The van der Waals surface area contributed by atoms with Gasteiger partial charge in [-0.05, 0) is 55.3 Å². The summed E-state index contributed by atoms with van der Waals surface area (Å²) in [7, 11) is 0. The molecule has 1 saturated heterocycles. The molecule has 148 valence electrons. The van der Waals surface area contributed by atoms with Crippen LogP contribution in [0.1, 0.15) is 21.6 Å². The first-order valence-corrected chi connectivity index (χ1v) is 9.87. The minimum atomic E-state index is -0.0525. The zero-order valence-electron chi connectivity index (χ0n) is 16.8. The molecule has 4 rings (SSSR count). The number of aryl methyl sites for hydroxylation is 2. The number of benzene rings is 2. The molecule has 1 fully saturated rings. The van der Waals surface area contributed by atoms with E-state index in [1.54, 1.807) is 12.3 Å². The van der Waals surface area contributed by atoms with Gasteiger partial charge in [0, 0.05) is 43.8 Å². The monoisotopic (exact) mass is 387 g/mol. The molecule has 0 unspecified atom stereocenters. The molecule has 1 aromatic heterocycles. The highest BCUT2D eigenvalue weighted by molar-refractivity contribution is 5.92. The van der Waals surface area contributed by atoms with Crippen LogP contribution in [0.3, 0.4) is 0 Å². The lowest BCUT2D eigenvalue weighted by Crippen LogP contribution is -2.49. The number of hydrogen-bond donors (Lipinski definition) is 1. The number of carbonyl (C=O) groups excluding carboxylic acids is 1. The number of hydrogen-bond acceptors (Lipinski definition) is 5. The van der Waals surface area contributed by atoms with Crippen LogP contribution >= 0.6 is 0 Å². The third kappa shape index (κ3) is 4.37. The molecule has 3 aromatic rings. The molecule has 6 heteroatoms. The zero-order chi connectivity index (χ0) is 20.2. The van der Waals surface area contributed by atoms with Gasteiger partial charge in [-0.15, -0.1) is 0 Å². The Morgan fingerprint density at radius 3 is 2.41 bits per heavy atom. The smallest absolute Gasteiger partial charge is 0.272 e. The van der Waals surface area contributed by atoms with Crippen molar-refractivity contribution in [2.75, 3.05) is 36.4 Å². The molecule has 0 aliphatic carbocycles. The van der Waals surface area contributed by atoms with Gasteiger partial charge in [0.15, 0.2) is 0 Å². The van der Waals surface area contributed by atoms with Gasteiger partial charge in [0.1, 0.15) is 5.69 Å². The Labute approximate surface area is 171 Å². The van der Waals surface area contributed by atoms with E-state index in [1.807, 2.05) is 29.2 Å². The van der Waals surface area contributed by atoms with Crippen LogP contribution in [-0.4, -0.2) is 47.0 Å². The lowest BCUT2D eigenvalue weighted by molar-refractivity contribution is 0.0741. The summed E-state index contributed by atoms with van der Waals surface area (Å²) < 4.78 is 0. The van der Waals surface area contributed by atoms with Crippen LogP contribution in [0.5, 0.6) is 0 Å². The highest BCUT2D eigenvalue weighted by Gasteiger charge is 2.23. The average molecular weight is 387 g/mol. The Morgan fingerprint density at radius 1 is 0.931 bits per heavy atom. The first kappa shape index (κ1) is 18.9. The summed E-state index contributed by atoms with van der Waals surface area (Å²) in [6.45, 7) is 7.13. The van der Waals surface area contributed by atoms with Gasteiger partial charge in [0.25, 0.3) is 5.91 Å². The summed E-state index contributed by atoms with van der Waals surface area (Å²) in [5, 5.41) is 3.20. The second kappa shape index (κ2) is 8.31. The standard InChI is InChI=1S/C23H25N5O/c1-17-8-9-19(16-18(17)2)25-23-24-11-10-21(26-23)22(29)28-14-12-27(13-15-28)20-6-4-3-5-7-20/h3-11,16H,12-15H2,1-2H3,(H,24,25,26). The SMILES string of the molecule is Cc1ccc(Nc2nccc(C(=O)N3CCN(c4ccccc4)CC3)n2)cc1C. The van der Waals surface area contributed by atoms with E-state index in [9.17, 15) is 4.79 Å². The van der Waals surface area contributed by atoms with Crippen LogP contribution in [0.2, 0.25) is 0 Å². The van der Waals surface area contributed by atoms with E-state index in [-0.39, 0.29) is 5.91 Å². The maximum Gasteiger partial charge on any atom is 0.272 e. The Kier molecular flexibility index (Phi) is 5.42. The third-order valence-corrected chi connectivity index (χ3v) is 5.33. The van der Waals surface area contributed by atoms with Crippen molar-refractivity contribution in [2.45, 2.75) is 13.8 Å². The molecule has 0 bridgehead atoms. The minimum absolute atomic E-state index is 0.0525. The maximum atomic E-state index is 12.9. The Balaban J connectivity index is 1.41. The van der Waals surface area contributed by atoms with Gasteiger partial charge in [0.2, 0.25) is 5.95 Å². The van der Waals surface area contributed by atoms with Gasteiger partial charge in [-0.3, -0.25) is 4.79 Å². The molecule has 0 atom stereocenters. The summed E-state index contributed by atoms with van der Waals surface area (Å²) in [6.07, 6.45) is 1.63. The topological polar surface area (TPSA) is 61.4 Å². The van der Waals surface area contributed by atoms with Crippen molar-refractivity contribution in [2.24, 2.45) is 0 Å². The highest BCUT2D eigenvalue weighted by atomic mass is 16.2. The number of carbonyl (C=O) groups is 1. The molecule has 2 aromatic carbocycles. The van der Waals surface area contributed by atoms with Crippen LogP contribution < -0.4 is 10.2 Å². The number of aromatic nitrogens is 2. The van der Waals surface area contributed by atoms with E-state index >= 15 is 0 Å². The molecular weight excluding hydrogens is 362 g/mol. The molecule has 0 saturated carbocycles. The van der Waals surface area contributed by atoms with Gasteiger partial charge < -0.3 is 15.1 Å². The minimum Gasteiger partial charge on any atom is -0.368 e. The molecule has 0 radical (unpaired) electrons. The molecule has 1 amide bonds. The molecule has 6 nitrogen and oxygen atoms in total. The van der Waals surface area contributed by atoms with Crippen LogP contribution in [-0.2, 0) is 0 Å². The van der Waals surface area contributed by atoms with Gasteiger partial charge in [-0.2, -0.15) is 0 Å². The largest absolute Gasteiger partial charge is 0.368 e. The van der Waals surface area contributed by atoms with E-state index in [0.29, 0.717) is 24.7 Å². The Hall–Kier alpha value is -3.41. The Morgan fingerprint density at radius 2 is 1.69 bits per heavy atom. The molecule has 1 aliphatic rings.